The summed E-state index contributed by atoms with van der Waals surface area (Å²) < 4.78 is 6.50. The molecule has 0 radical (unpaired) electrons. The number of carbonyl (C=O) groups is 1. The van der Waals surface area contributed by atoms with Crippen molar-refractivity contribution in [1.29, 1.82) is 0 Å². The largest absolute Gasteiger partial charge is 0.618 e. The van der Waals surface area contributed by atoms with E-state index in [4.69, 9.17) is 4.74 Å². The Hall–Kier alpha value is -1.23. The minimum atomic E-state index is -0.224. The molecule has 0 aliphatic heterocycles. The average molecular weight is 323 g/mol. The fourth-order valence-corrected chi connectivity index (χ4v) is 3.81. The zero-order chi connectivity index (χ0) is 16.1. The van der Waals surface area contributed by atoms with E-state index in [0.717, 1.165) is 17.6 Å². The minimum absolute atomic E-state index is 0.0204. The molecule has 0 spiro atoms. The summed E-state index contributed by atoms with van der Waals surface area (Å²) in [5, 5.41) is 12.1. The molecule has 0 N–H and O–H groups in total. The van der Waals surface area contributed by atoms with E-state index < -0.39 is 0 Å². The molecular weight excluding hydrogens is 298 g/mol. The molecule has 122 valence electrons. The molecule has 1 aromatic rings. The maximum Gasteiger partial charge on any atom is 0.316 e. The van der Waals surface area contributed by atoms with Crippen molar-refractivity contribution < 1.29 is 14.3 Å². The van der Waals surface area contributed by atoms with Gasteiger partial charge in [-0.25, -0.2) is 0 Å². The van der Waals surface area contributed by atoms with E-state index >= 15 is 0 Å². The van der Waals surface area contributed by atoms with Gasteiger partial charge in [-0.2, -0.15) is 4.73 Å². The van der Waals surface area contributed by atoms with Crippen molar-refractivity contribution in [1.82, 2.24) is 0 Å². The molecule has 0 bridgehead atoms. The Morgan fingerprint density at radius 3 is 2.91 bits per heavy atom. The van der Waals surface area contributed by atoms with Gasteiger partial charge in [0.05, 0.1) is 0 Å². The molecule has 22 heavy (non-hydrogen) atoms. The molecular formula is C17H25NO3S. The Kier molecular flexibility index (Phi) is 6.12. The van der Waals surface area contributed by atoms with Gasteiger partial charge in [-0.3, -0.25) is 4.79 Å². The number of ether oxygens (including phenoxy) is 1. The van der Waals surface area contributed by atoms with Gasteiger partial charge in [0, 0.05) is 12.1 Å². The highest BCUT2D eigenvalue weighted by Crippen LogP contribution is 2.35. The highest BCUT2D eigenvalue weighted by Gasteiger charge is 2.33. The molecule has 3 unspecified atom stereocenters. The van der Waals surface area contributed by atoms with Crippen LogP contribution in [0, 0.1) is 23.0 Å². The fraction of sp³-hybridized carbons (Fsp3) is 0.647. The molecule has 0 saturated heterocycles. The standard InChI is InChI=1S/C17H25NO3S/c1-12(2)14-8-7-13(3)10-15(14)21-17(19)11-22-16-6-4-5-9-18(16)20/h4-6,9,12-15H,7-8,10-11H2,1-3H3. The molecule has 1 heterocycles. The monoisotopic (exact) mass is 323 g/mol. The third-order valence-corrected chi connectivity index (χ3v) is 5.36. The summed E-state index contributed by atoms with van der Waals surface area (Å²) >= 11 is 1.23. The highest BCUT2D eigenvalue weighted by atomic mass is 32.2. The summed E-state index contributed by atoms with van der Waals surface area (Å²) in [6.45, 7) is 6.61. The van der Waals surface area contributed by atoms with Gasteiger partial charge < -0.3 is 9.94 Å². The van der Waals surface area contributed by atoms with Crippen LogP contribution in [-0.2, 0) is 9.53 Å². The lowest BCUT2D eigenvalue weighted by Gasteiger charge is -2.36. The first kappa shape index (κ1) is 17.1. The number of rotatable bonds is 5. The smallest absolute Gasteiger partial charge is 0.316 e. The van der Waals surface area contributed by atoms with Crippen molar-refractivity contribution in [2.45, 2.75) is 51.2 Å². The van der Waals surface area contributed by atoms with Crippen LogP contribution in [0.5, 0.6) is 0 Å². The van der Waals surface area contributed by atoms with Crippen LogP contribution in [0.4, 0.5) is 0 Å². The van der Waals surface area contributed by atoms with Gasteiger partial charge in [0.1, 0.15) is 11.9 Å². The molecule has 1 fully saturated rings. The molecule has 5 heteroatoms. The van der Waals surface area contributed by atoms with Crippen molar-refractivity contribution in [2.24, 2.45) is 17.8 Å². The molecule has 0 amide bonds. The third-order valence-electron chi connectivity index (χ3n) is 4.37. The molecule has 3 atom stereocenters. The highest BCUT2D eigenvalue weighted by molar-refractivity contribution is 7.99. The lowest BCUT2D eigenvalue weighted by atomic mass is 9.75. The normalized spacial score (nSPS) is 25.2. The van der Waals surface area contributed by atoms with Crippen LogP contribution >= 0.6 is 11.8 Å². The van der Waals surface area contributed by atoms with Gasteiger partial charge in [0.2, 0.25) is 0 Å². The molecule has 2 rings (SSSR count). The van der Waals surface area contributed by atoms with Gasteiger partial charge in [-0.15, -0.1) is 0 Å². The lowest BCUT2D eigenvalue weighted by Crippen LogP contribution is -2.36. The second-order valence-corrected chi connectivity index (χ2v) is 7.50. The summed E-state index contributed by atoms with van der Waals surface area (Å²) in [4.78, 5) is 12.1. The van der Waals surface area contributed by atoms with Crippen molar-refractivity contribution >= 4 is 17.7 Å². The van der Waals surface area contributed by atoms with Crippen LogP contribution in [-0.4, -0.2) is 17.8 Å². The van der Waals surface area contributed by atoms with Crippen LogP contribution in [0.1, 0.15) is 40.0 Å². The van der Waals surface area contributed by atoms with Gasteiger partial charge in [-0.1, -0.05) is 27.2 Å². The Labute approximate surface area is 136 Å². The average Bonchev–Trinajstić information content (AvgIpc) is 2.46. The number of thioether (sulfide) groups is 1. The van der Waals surface area contributed by atoms with Crippen molar-refractivity contribution in [3.8, 4) is 0 Å². The summed E-state index contributed by atoms with van der Waals surface area (Å²) in [7, 11) is 0. The zero-order valence-corrected chi connectivity index (χ0v) is 14.3. The Bertz CT molecular complexity index is 506. The van der Waals surface area contributed by atoms with Gasteiger partial charge in [0.15, 0.2) is 6.20 Å². The molecule has 1 aliphatic carbocycles. The number of hydrogen-bond donors (Lipinski definition) is 0. The van der Waals surface area contributed by atoms with Gasteiger partial charge >= 0.3 is 5.97 Å². The third kappa shape index (κ3) is 4.63. The van der Waals surface area contributed by atoms with Crippen LogP contribution in [0.25, 0.3) is 0 Å². The molecule has 4 nitrogen and oxygen atoms in total. The number of pyridine rings is 1. The Morgan fingerprint density at radius 2 is 2.23 bits per heavy atom. The van der Waals surface area contributed by atoms with Crippen LogP contribution in [0.15, 0.2) is 29.4 Å². The maximum absolute atomic E-state index is 12.1. The second kappa shape index (κ2) is 7.86. The fourth-order valence-electron chi connectivity index (χ4n) is 3.11. The first-order valence-electron chi connectivity index (χ1n) is 7.98. The van der Waals surface area contributed by atoms with Crippen LogP contribution in [0.3, 0.4) is 0 Å². The summed E-state index contributed by atoms with van der Waals surface area (Å²) in [6.07, 6.45) is 4.75. The Morgan fingerprint density at radius 1 is 1.45 bits per heavy atom. The van der Waals surface area contributed by atoms with E-state index in [9.17, 15) is 10.0 Å². The van der Waals surface area contributed by atoms with E-state index in [1.54, 1.807) is 18.2 Å². The van der Waals surface area contributed by atoms with E-state index in [0.29, 0.717) is 22.8 Å². The van der Waals surface area contributed by atoms with Crippen molar-refractivity contribution in [3.05, 3.63) is 29.6 Å². The van der Waals surface area contributed by atoms with E-state index in [1.807, 2.05) is 0 Å². The van der Waals surface area contributed by atoms with Crippen molar-refractivity contribution in [2.75, 3.05) is 5.75 Å². The predicted octanol–water partition coefficient (Wildman–Crippen LogP) is 3.42. The predicted molar refractivity (Wildman–Crippen MR) is 87.3 cm³/mol. The number of carbonyl (C=O) groups excluding carboxylic acids is 1. The first-order chi connectivity index (χ1) is 10.5. The maximum atomic E-state index is 12.1. The lowest BCUT2D eigenvalue weighted by molar-refractivity contribution is -0.645. The summed E-state index contributed by atoms with van der Waals surface area (Å²) in [5.41, 5.74) is 0. The Balaban J connectivity index is 1.88. The number of nitrogens with zero attached hydrogens (tertiary/aromatic N) is 1. The SMILES string of the molecule is CC1CCC(C(C)C)C(OC(=O)CSc2cccc[n+]2[O-])C1. The molecule has 1 saturated carbocycles. The molecule has 1 aromatic heterocycles. The molecule has 0 aromatic carbocycles. The van der Waals surface area contributed by atoms with E-state index in [1.165, 1.54) is 24.4 Å². The number of hydrogen-bond acceptors (Lipinski definition) is 4. The van der Waals surface area contributed by atoms with E-state index in [-0.39, 0.29) is 17.8 Å². The summed E-state index contributed by atoms with van der Waals surface area (Å²) in [6, 6.07) is 5.18. The zero-order valence-electron chi connectivity index (χ0n) is 13.5. The minimum Gasteiger partial charge on any atom is -0.618 e. The summed E-state index contributed by atoms with van der Waals surface area (Å²) in [5.74, 6) is 1.54. The number of esters is 1. The van der Waals surface area contributed by atoms with Gasteiger partial charge in [0.25, 0.3) is 5.03 Å². The molecule has 1 aliphatic rings. The second-order valence-electron chi connectivity index (χ2n) is 6.51. The first-order valence-corrected chi connectivity index (χ1v) is 8.96. The van der Waals surface area contributed by atoms with Gasteiger partial charge in [-0.05, 0) is 48.4 Å². The topological polar surface area (TPSA) is 53.2 Å². The van der Waals surface area contributed by atoms with E-state index in [2.05, 4.69) is 20.8 Å². The van der Waals surface area contributed by atoms with Crippen LogP contribution in [0.2, 0.25) is 0 Å². The van der Waals surface area contributed by atoms with Crippen LogP contribution < -0.4 is 4.73 Å². The van der Waals surface area contributed by atoms with Crippen molar-refractivity contribution in [3.63, 3.8) is 0 Å². The quantitative estimate of drug-likeness (QED) is 0.361. The number of aromatic nitrogens is 1.